The Labute approximate surface area is 136 Å². The van der Waals surface area contributed by atoms with E-state index in [4.69, 9.17) is 0 Å². The molecule has 2 fully saturated rings. The third kappa shape index (κ3) is 3.34. The normalized spacial score (nSPS) is 21.3. The molecule has 1 unspecified atom stereocenters. The summed E-state index contributed by atoms with van der Waals surface area (Å²) < 4.78 is 0. The van der Waals surface area contributed by atoms with Crippen molar-refractivity contribution in [3.8, 4) is 0 Å². The van der Waals surface area contributed by atoms with E-state index in [1.54, 1.807) is 17.0 Å². The third-order valence-corrected chi connectivity index (χ3v) is 3.94. The van der Waals surface area contributed by atoms with Crippen molar-refractivity contribution in [3.05, 3.63) is 29.8 Å². The van der Waals surface area contributed by atoms with Crippen molar-refractivity contribution in [2.45, 2.75) is 13.0 Å². The van der Waals surface area contributed by atoms with E-state index in [0.29, 0.717) is 24.7 Å². The molecule has 0 saturated carbocycles. The number of halogens is 1. The van der Waals surface area contributed by atoms with Crippen molar-refractivity contribution in [2.75, 3.05) is 37.6 Å². The molecule has 0 bridgehead atoms. The number of piperazine rings is 1. The summed E-state index contributed by atoms with van der Waals surface area (Å²) in [4.78, 5) is 27.6. The minimum atomic E-state index is -0.0787. The summed E-state index contributed by atoms with van der Waals surface area (Å²) in [6.45, 7) is 5.71. The number of nitrogens with one attached hydrogen (secondary N) is 2. The van der Waals surface area contributed by atoms with Crippen molar-refractivity contribution >= 4 is 30.0 Å². The predicted octanol–water partition coefficient (Wildman–Crippen LogP) is 1.07. The Kier molecular flexibility index (Phi) is 5.26. The number of carbonyl (C=O) groups excluding carboxylic acids is 2. The quantitative estimate of drug-likeness (QED) is 0.855. The van der Waals surface area contributed by atoms with Gasteiger partial charge in [-0.2, -0.15) is 0 Å². The number of amides is 3. The first-order valence-corrected chi connectivity index (χ1v) is 7.33. The van der Waals surface area contributed by atoms with Crippen molar-refractivity contribution < 1.29 is 9.59 Å². The largest absolute Gasteiger partial charge is 0.336 e. The molecule has 3 rings (SSSR count). The molecule has 2 aliphatic heterocycles. The van der Waals surface area contributed by atoms with Crippen molar-refractivity contribution in [2.24, 2.45) is 0 Å². The first kappa shape index (κ1) is 16.6. The molecule has 22 heavy (non-hydrogen) atoms. The van der Waals surface area contributed by atoms with Crippen molar-refractivity contribution in [1.82, 2.24) is 15.5 Å². The maximum Gasteiger partial charge on any atom is 0.321 e. The van der Waals surface area contributed by atoms with Crippen LogP contribution in [0.3, 0.4) is 0 Å². The fraction of sp³-hybridized carbons (Fsp3) is 0.467. The van der Waals surface area contributed by atoms with Gasteiger partial charge in [0.1, 0.15) is 0 Å². The molecule has 1 aromatic carbocycles. The molecule has 0 aromatic heterocycles. The lowest BCUT2D eigenvalue weighted by Gasteiger charge is -2.32. The van der Waals surface area contributed by atoms with E-state index in [9.17, 15) is 9.59 Å². The molecular formula is C15H21ClN4O2. The molecule has 2 saturated heterocycles. The zero-order valence-corrected chi connectivity index (χ0v) is 13.4. The minimum Gasteiger partial charge on any atom is -0.336 e. The van der Waals surface area contributed by atoms with Crippen LogP contribution in [0.25, 0.3) is 0 Å². The monoisotopic (exact) mass is 324 g/mol. The van der Waals surface area contributed by atoms with E-state index in [1.165, 1.54) is 0 Å². The number of urea groups is 1. The third-order valence-electron chi connectivity index (χ3n) is 3.94. The van der Waals surface area contributed by atoms with Crippen LogP contribution in [-0.2, 0) is 0 Å². The van der Waals surface area contributed by atoms with Gasteiger partial charge in [-0.15, -0.1) is 12.4 Å². The number of carbonyl (C=O) groups is 2. The van der Waals surface area contributed by atoms with Crippen LogP contribution < -0.4 is 15.5 Å². The average Bonchev–Trinajstić information content (AvgIpc) is 2.93. The smallest absolute Gasteiger partial charge is 0.321 e. The summed E-state index contributed by atoms with van der Waals surface area (Å²) in [5, 5.41) is 6.09. The van der Waals surface area contributed by atoms with Crippen LogP contribution >= 0.6 is 12.4 Å². The zero-order chi connectivity index (χ0) is 14.8. The summed E-state index contributed by atoms with van der Waals surface area (Å²) >= 11 is 0. The van der Waals surface area contributed by atoms with Gasteiger partial charge in [-0.3, -0.25) is 9.69 Å². The molecule has 0 aliphatic carbocycles. The van der Waals surface area contributed by atoms with Crippen LogP contribution in [0, 0.1) is 0 Å². The molecule has 2 heterocycles. The van der Waals surface area contributed by atoms with Crippen LogP contribution in [0.4, 0.5) is 10.5 Å². The highest BCUT2D eigenvalue weighted by Crippen LogP contribution is 2.18. The topological polar surface area (TPSA) is 64.7 Å². The lowest BCUT2D eigenvalue weighted by Crippen LogP contribution is -2.51. The molecule has 120 valence electrons. The highest BCUT2D eigenvalue weighted by atomic mass is 35.5. The number of hydrogen-bond acceptors (Lipinski definition) is 3. The van der Waals surface area contributed by atoms with E-state index in [2.05, 4.69) is 17.6 Å². The van der Waals surface area contributed by atoms with E-state index >= 15 is 0 Å². The van der Waals surface area contributed by atoms with Crippen molar-refractivity contribution in [3.63, 3.8) is 0 Å². The number of rotatable bonds is 2. The average molecular weight is 325 g/mol. The summed E-state index contributed by atoms with van der Waals surface area (Å²) in [5.74, 6) is 0.0563. The van der Waals surface area contributed by atoms with Gasteiger partial charge < -0.3 is 15.5 Å². The second kappa shape index (κ2) is 6.98. The summed E-state index contributed by atoms with van der Waals surface area (Å²) in [6.07, 6.45) is 0. The van der Waals surface area contributed by atoms with E-state index in [0.717, 1.165) is 25.3 Å². The Hall–Kier alpha value is -1.79. The van der Waals surface area contributed by atoms with Crippen LogP contribution in [0.15, 0.2) is 24.3 Å². The van der Waals surface area contributed by atoms with Gasteiger partial charge in [0.15, 0.2) is 0 Å². The molecule has 1 atom stereocenters. The summed E-state index contributed by atoms with van der Waals surface area (Å²) in [6, 6.07) is 7.53. The second-order valence-corrected chi connectivity index (χ2v) is 5.54. The summed E-state index contributed by atoms with van der Waals surface area (Å²) in [5.41, 5.74) is 1.50. The Morgan fingerprint density at radius 2 is 1.91 bits per heavy atom. The van der Waals surface area contributed by atoms with Crippen molar-refractivity contribution in [1.29, 1.82) is 0 Å². The number of nitrogens with zero attached hydrogens (tertiary/aromatic N) is 2. The van der Waals surface area contributed by atoms with Gasteiger partial charge in [0.05, 0.1) is 0 Å². The Bertz CT molecular complexity index is 549. The minimum absolute atomic E-state index is 0. The standard InChI is InChI=1S/C15H20N4O2.ClH/c1-11-10-18(8-6-16-11)14(20)12-2-4-13(5-3-12)19-9-7-17-15(19)21;/h2-5,11,16H,6-10H2,1H3,(H,17,21);1H. The van der Waals surface area contributed by atoms with Crippen LogP contribution in [0.5, 0.6) is 0 Å². The Balaban J connectivity index is 0.00000176. The SMILES string of the molecule is CC1CN(C(=O)c2ccc(N3CCNC3=O)cc2)CCN1.Cl. The van der Waals surface area contributed by atoms with Crippen LogP contribution in [-0.4, -0.2) is 55.6 Å². The molecule has 0 radical (unpaired) electrons. The van der Waals surface area contributed by atoms with Gasteiger partial charge in [-0.05, 0) is 31.2 Å². The number of anilines is 1. The fourth-order valence-corrected chi connectivity index (χ4v) is 2.80. The maximum absolute atomic E-state index is 12.4. The molecule has 2 N–H and O–H groups in total. The van der Waals surface area contributed by atoms with E-state index in [-0.39, 0.29) is 24.3 Å². The molecule has 3 amide bonds. The Morgan fingerprint density at radius 1 is 1.18 bits per heavy atom. The number of benzene rings is 1. The van der Waals surface area contributed by atoms with Crippen LogP contribution in [0.1, 0.15) is 17.3 Å². The highest BCUT2D eigenvalue weighted by Gasteiger charge is 2.23. The first-order valence-electron chi connectivity index (χ1n) is 7.33. The molecule has 6 nitrogen and oxygen atoms in total. The van der Waals surface area contributed by atoms with Gasteiger partial charge in [0, 0.05) is 50.0 Å². The van der Waals surface area contributed by atoms with Crippen LogP contribution in [0.2, 0.25) is 0 Å². The molecular weight excluding hydrogens is 304 g/mol. The van der Waals surface area contributed by atoms with Gasteiger partial charge in [-0.1, -0.05) is 0 Å². The lowest BCUT2D eigenvalue weighted by atomic mass is 10.1. The van der Waals surface area contributed by atoms with Gasteiger partial charge >= 0.3 is 6.03 Å². The Morgan fingerprint density at radius 3 is 2.50 bits per heavy atom. The number of hydrogen-bond donors (Lipinski definition) is 2. The van der Waals surface area contributed by atoms with E-state index < -0.39 is 0 Å². The van der Waals surface area contributed by atoms with Gasteiger partial charge in [-0.25, -0.2) is 4.79 Å². The zero-order valence-electron chi connectivity index (χ0n) is 12.5. The van der Waals surface area contributed by atoms with Gasteiger partial charge in [0.2, 0.25) is 0 Å². The molecule has 7 heteroatoms. The molecule has 1 aromatic rings. The summed E-state index contributed by atoms with van der Waals surface area (Å²) in [7, 11) is 0. The fourth-order valence-electron chi connectivity index (χ4n) is 2.80. The molecule has 0 spiro atoms. The highest BCUT2D eigenvalue weighted by molar-refractivity contribution is 5.97. The second-order valence-electron chi connectivity index (χ2n) is 5.54. The lowest BCUT2D eigenvalue weighted by molar-refractivity contribution is 0.0709. The maximum atomic E-state index is 12.4. The molecule has 2 aliphatic rings. The predicted molar refractivity (Wildman–Crippen MR) is 87.8 cm³/mol. The van der Waals surface area contributed by atoms with E-state index in [1.807, 2.05) is 17.0 Å². The first-order chi connectivity index (χ1) is 10.1. The van der Waals surface area contributed by atoms with Gasteiger partial charge in [0.25, 0.3) is 5.91 Å².